The molecule has 0 aliphatic rings. The second kappa shape index (κ2) is 5.12. The number of anilines is 1. The lowest BCUT2D eigenvalue weighted by Crippen LogP contribution is -2.22. The first-order valence-corrected chi connectivity index (χ1v) is 5.20. The molecular formula is C12H19FN2. The van der Waals surface area contributed by atoms with Gasteiger partial charge < -0.3 is 10.2 Å². The van der Waals surface area contributed by atoms with E-state index in [2.05, 4.69) is 19.2 Å². The third-order valence-corrected chi connectivity index (χ3v) is 2.21. The first-order chi connectivity index (χ1) is 7.00. The SMILES string of the molecule is CC(C)NCc1ccc(F)c(N(C)C)c1. The fraction of sp³-hybridized carbons (Fsp3) is 0.500. The highest BCUT2D eigenvalue weighted by atomic mass is 19.1. The van der Waals surface area contributed by atoms with Crippen LogP contribution in [0.5, 0.6) is 0 Å². The number of hydrogen-bond acceptors (Lipinski definition) is 2. The van der Waals surface area contributed by atoms with Gasteiger partial charge in [-0.05, 0) is 17.7 Å². The van der Waals surface area contributed by atoms with E-state index in [1.807, 2.05) is 26.2 Å². The van der Waals surface area contributed by atoms with Crippen molar-refractivity contribution < 1.29 is 4.39 Å². The highest BCUT2D eigenvalue weighted by Crippen LogP contribution is 2.18. The number of halogens is 1. The van der Waals surface area contributed by atoms with Gasteiger partial charge in [0.05, 0.1) is 5.69 Å². The fourth-order valence-corrected chi connectivity index (χ4v) is 1.33. The Morgan fingerprint density at radius 2 is 2.00 bits per heavy atom. The maximum absolute atomic E-state index is 13.4. The number of benzene rings is 1. The predicted octanol–water partition coefficient (Wildman–Crippen LogP) is 2.39. The van der Waals surface area contributed by atoms with Crippen LogP contribution in [0.2, 0.25) is 0 Å². The Bertz CT molecular complexity index is 321. The smallest absolute Gasteiger partial charge is 0.146 e. The van der Waals surface area contributed by atoms with Crippen LogP contribution in [-0.2, 0) is 6.54 Å². The molecule has 0 aliphatic heterocycles. The van der Waals surface area contributed by atoms with Crippen molar-refractivity contribution in [3.63, 3.8) is 0 Å². The molecule has 0 radical (unpaired) electrons. The van der Waals surface area contributed by atoms with E-state index in [1.54, 1.807) is 4.90 Å². The van der Waals surface area contributed by atoms with E-state index >= 15 is 0 Å². The van der Waals surface area contributed by atoms with Gasteiger partial charge in [-0.1, -0.05) is 19.9 Å². The third kappa shape index (κ3) is 3.51. The first-order valence-electron chi connectivity index (χ1n) is 5.20. The van der Waals surface area contributed by atoms with Crippen LogP contribution in [0.25, 0.3) is 0 Å². The molecule has 0 saturated heterocycles. The molecule has 1 aromatic rings. The highest BCUT2D eigenvalue weighted by molar-refractivity contribution is 5.48. The molecule has 3 heteroatoms. The zero-order valence-corrected chi connectivity index (χ0v) is 9.84. The summed E-state index contributed by atoms with van der Waals surface area (Å²) in [5.74, 6) is -0.173. The zero-order chi connectivity index (χ0) is 11.4. The lowest BCUT2D eigenvalue weighted by molar-refractivity contribution is 0.586. The molecule has 0 aliphatic carbocycles. The van der Waals surface area contributed by atoms with Crippen molar-refractivity contribution in [1.29, 1.82) is 0 Å². The van der Waals surface area contributed by atoms with Gasteiger partial charge in [-0.15, -0.1) is 0 Å². The molecule has 1 N–H and O–H groups in total. The number of nitrogens with one attached hydrogen (secondary N) is 1. The van der Waals surface area contributed by atoms with E-state index in [0.29, 0.717) is 11.7 Å². The van der Waals surface area contributed by atoms with Crippen LogP contribution < -0.4 is 10.2 Å². The van der Waals surface area contributed by atoms with E-state index < -0.39 is 0 Å². The van der Waals surface area contributed by atoms with E-state index in [4.69, 9.17) is 0 Å². The summed E-state index contributed by atoms with van der Waals surface area (Å²) in [4.78, 5) is 1.79. The van der Waals surface area contributed by atoms with E-state index in [0.717, 1.165) is 12.1 Å². The van der Waals surface area contributed by atoms with Gasteiger partial charge in [-0.25, -0.2) is 4.39 Å². The summed E-state index contributed by atoms with van der Waals surface area (Å²) in [5.41, 5.74) is 1.74. The van der Waals surface area contributed by atoms with Crippen LogP contribution in [-0.4, -0.2) is 20.1 Å². The molecule has 0 atom stereocenters. The Hall–Kier alpha value is -1.09. The van der Waals surface area contributed by atoms with Crippen LogP contribution in [0.4, 0.5) is 10.1 Å². The average molecular weight is 210 g/mol. The molecule has 1 rings (SSSR count). The van der Waals surface area contributed by atoms with E-state index in [-0.39, 0.29) is 5.82 Å². The summed E-state index contributed by atoms with van der Waals surface area (Å²) in [5, 5.41) is 3.31. The molecule has 0 heterocycles. The van der Waals surface area contributed by atoms with Gasteiger partial charge in [0.2, 0.25) is 0 Å². The van der Waals surface area contributed by atoms with Gasteiger partial charge in [-0.3, -0.25) is 0 Å². The molecule has 0 spiro atoms. The first kappa shape index (κ1) is 12.0. The predicted molar refractivity (Wildman–Crippen MR) is 62.7 cm³/mol. The summed E-state index contributed by atoms with van der Waals surface area (Å²) >= 11 is 0. The molecule has 2 nitrogen and oxygen atoms in total. The van der Waals surface area contributed by atoms with Crippen molar-refractivity contribution in [3.8, 4) is 0 Å². The Balaban J connectivity index is 2.78. The van der Waals surface area contributed by atoms with Gasteiger partial charge >= 0.3 is 0 Å². The second-order valence-electron chi connectivity index (χ2n) is 4.22. The minimum atomic E-state index is -0.173. The highest BCUT2D eigenvalue weighted by Gasteiger charge is 2.05. The summed E-state index contributed by atoms with van der Waals surface area (Å²) in [6.45, 7) is 4.96. The van der Waals surface area contributed by atoms with Crippen LogP contribution >= 0.6 is 0 Å². The lowest BCUT2D eigenvalue weighted by Gasteiger charge is -2.15. The van der Waals surface area contributed by atoms with Crippen molar-refractivity contribution in [3.05, 3.63) is 29.6 Å². The average Bonchev–Trinajstić information content (AvgIpc) is 2.16. The molecule has 84 valence electrons. The Morgan fingerprint density at radius 3 is 2.53 bits per heavy atom. The quantitative estimate of drug-likeness (QED) is 0.821. The van der Waals surface area contributed by atoms with Gasteiger partial charge in [0.15, 0.2) is 0 Å². The standard InChI is InChI=1S/C12H19FN2/c1-9(2)14-8-10-5-6-11(13)12(7-10)15(3)4/h5-7,9,14H,8H2,1-4H3. The van der Waals surface area contributed by atoms with Crippen molar-refractivity contribution >= 4 is 5.69 Å². The number of rotatable bonds is 4. The Kier molecular flexibility index (Phi) is 4.09. The molecule has 1 aromatic carbocycles. The maximum atomic E-state index is 13.4. The topological polar surface area (TPSA) is 15.3 Å². The molecule has 0 bridgehead atoms. The van der Waals surface area contributed by atoms with Crippen molar-refractivity contribution in [2.45, 2.75) is 26.4 Å². The van der Waals surface area contributed by atoms with Crippen LogP contribution in [0.1, 0.15) is 19.4 Å². The fourth-order valence-electron chi connectivity index (χ4n) is 1.33. The van der Waals surface area contributed by atoms with Gasteiger partial charge in [0, 0.05) is 26.7 Å². The molecule has 0 fully saturated rings. The zero-order valence-electron chi connectivity index (χ0n) is 9.84. The van der Waals surface area contributed by atoms with Crippen LogP contribution in [0, 0.1) is 5.82 Å². The third-order valence-electron chi connectivity index (χ3n) is 2.21. The summed E-state index contributed by atoms with van der Waals surface area (Å²) < 4.78 is 13.4. The summed E-state index contributed by atoms with van der Waals surface area (Å²) in [7, 11) is 3.69. The Labute approximate surface area is 91.1 Å². The number of nitrogens with zero attached hydrogens (tertiary/aromatic N) is 1. The van der Waals surface area contributed by atoms with Gasteiger partial charge in [0.25, 0.3) is 0 Å². The molecule has 0 amide bonds. The monoisotopic (exact) mass is 210 g/mol. The maximum Gasteiger partial charge on any atom is 0.146 e. The molecule has 0 unspecified atom stereocenters. The minimum absolute atomic E-state index is 0.173. The molecular weight excluding hydrogens is 191 g/mol. The summed E-state index contributed by atoms with van der Waals surface area (Å²) in [6.07, 6.45) is 0. The molecule has 0 aromatic heterocycles. The summed E-state index contributed by atoms with van der Waals surface area (Å²) in [6, 6.07) is 5.66. The Morgan fingerprint density at radius 1 is 1.33 bits per heavy atom. The normalized spacial score (nSPS) is 10.8. The van der Waals surface area contributed by atoms with Crippen LogP contribution in [0.15, 0.2) is 18.2 Å². The van der Waals surface area contributed by atoms with Gasteiger partial charge in [0.1, 0.15) is 5.82 Å². The second-order valence-corrected chi connectivity index (χ2v) is 4.22. The minimum Gasteiger partial charge on any atom is -0.375 e. The van der Waals surface area contributed by atoms with Gasteiger partial charge in [-0.2, -0.15) is 0 Å². The van der Waals surface area contributed by atoms with E-state index in [9.17, 15) is 4.39 Å². The van der Waals surface area contributed by atoms with Crippen LogP contribution in [0.3, 0.4) is 0 Å². The molecule has 0 saturated carbocycles. The van der Waals surface area contributed by atoms with Crippen molar-refractivity contribution in [2.24, 2.45) is 0 Å². The largest absolute Gasteiger partial charge is 0.375 e. The van der Waals surface area contributed by atoms with Crippen molar-refractivity contribution in [1.82, 2.24) is 5.32 Å². The lowest BCUT2D eigenvalue weighted by atomic mass is 10.1. The van der Waals surface area contributed by atoms with Crippen molar-refractivity contribution in [2.75, 3.05) is 19.0 Å². The molecule has 15 heavy (non-hydrogen) atoms. The number of hydrogen-bond donors (Lipinski definition) is 1. The van der Waals surface area contributed by atoms with E-state index in [1.165, 1.54) is 6.07 Å².